The fourth-order valence-corrected chi connectivity index (χ4v) is 1.91. The zero-order valence-electron chi connectivity index (χ0n) is 8.30. The third kappa shape index (κ3) is 3.99. The van der Waals surface area contributed by atoms with E-state index in [-0.39, 0.29) is 23.4 Å². The van der Waals surface area contributed by atoms with Gasteiger partial charge in [0.1, 0.15) is 0 Å². The third-order valence-corrected chi connectivity index (χ3v) is 2.68. The van der Waals surface area contributed by atoms with Gasteiger partial charge in [0.15, 0.2) is 0 Å². The van der Waals surface area contributed by atoms with Crippen LogP contribution in [0.25, 0.3) is 0 Å². The van der Waals surface area contributed by atoms with E-state index in [0.29, 0.717) is 6.42 Å². The largest absolute Gasteiger partial charge is 0.324 e. The molecule has 0 aromatic carbocycles. The standard InChI is InChI=1S/C9H12N2O2S.ClH/c1-6(2)3-8(10)7-4-9(11(12)13)14-5-7;/h4-5,8H,1,3,10H2,2H3;1H/t8-;/m1./s1. The van der Waals surface area contributed by atoms with E-state index in [0.717, 1.165) is 22.5 Å². The van der Waals surface area contributed by atoms with E-state index in [2.05, 4.69) is 6.58 Å². The monoisotopic (exact) mass is 248 g/mol. The van der Waals surface area contributed by atoms with E-state index in [1.54, 1.807) is 5.38 Å². The number of hydrogen-bond acceptors (Lipinski definition) is 4. The van der Waals surface area contributed by atoms with Gasteiger partial charge in [-0.2, -0.15) is 0 Å². The first kappa shape index (κ1) is 14.1. The van der Waals surface area contributed by atoms with Crippen LogP contribution >= 0.6 is 23.7 Å². The molecule has 2 N–H and O–H groups in total. The first-order valence-corrected chi connectivity index (χ1v) is 5.01. The van der Waals surface area contributed by atoms with E-state index < -0.39 is 4.92 Å². The van der Waals surface area contributed by atoms with Gasteiger partial charge in [-0.05, 0) is 18.9 Å². The van der Waals surface area contributed by atoms with Crippen LogP contribution in [-0.2, 0) is 0 Å². The minimum Gasteiger partial charge on any atom is -0.324 e. The zero-order chi connectivity index (χ0) is 10.7. The molecule has 0 spiro atoms. The summed E-state index contributed by atoms with van der Waals surface area (Å²) in [5.41, 5.74) is 7.62. The highest BCUT2D eigenvalue weighted by molar-refractivity contribution is 7.13. The summed E-state index contributed by atoms with van der Waals surface area (Å²) in [6.45, 7) is 5.64. The summed E-state index contributed by atoms with van der Waals surface area (Å²) in [7, 11) is 0. The van der Waals surface area contributed by atoms with E-state index >= 15 is 0 Å². The fraction of sp³-hybridized carbons (Fsp3) is 0.333. The minimum atomic E-state index is -0.401. The van der Waals surface area contributed by atoms with E-state index in [1.807, 2.05) is 6.92 Å². The topological polar surface area (TPSA) is 69.2 Å². The first-order valence-electron chi connectivity index (χ1n) is 4.13. The average Bonchev–Trinajstić information content (AvgIpc) is 2.50. The van der Waals surface area contributed by atoms with Gasteiger partial charge in [-0.25, -0.2) is 0 Å². The predicted molar refractivity (Wildman–Crippen MR) is 64.6 cm³/mol. The van der Waals surface area contributed by atoms with E-state index in [9.17, 15) is 10.1 Å². The molecular formula is C9H13ClN2O2S. The van der Waals surface area contributed by atoms with Crippen molar-refractivity contribution in [2.24, 2.45) is 5.73 Å². The lowest BCUT2D eigenvalue weighted by atomic mass is 10.0. The van der Waals surface area contributed by atoms with Gasteiger partial charge in [-0.15, -0.1) is 19.0 Å². The molecule has 0 saturated heterocycles. The fourth-order valence-electron chi connectivity index (χ4n) is 1.12. The van der Waals surface area contributed by atoms with Gasteiger partial charge in [-0.1, -0.05) is 16.9 Å². The molecule has 0 aliphatic rings. The molecule has 6 heteroatoms. The van der Waals surface area contributed by atoms with Gasteiger partial charge in [0, 0.05) is 17.5 Å². The molecule has 1 atom stereocenters. The van der Waals surface area contributed by atoms with E-state index in [1.165, 1.54) is 6.07 Å². The maximum Gasteiger partial charge on any atom is 0.324 e. The van der Waals surface area contributed by atoms with Crippen LogP contribution in [0.15, 0.2) is 23.6 Å². The highest BCUT2D eigenvalue weighted by Crippen LogP contribution is 2.28. The minimum absolute atomic E-state index is 0. The Balaban J connectivity index is 0.00000196. The smallest absolute Gasteiger partial charge is 0.324 e. The second kappa shape index (κ2) is 5.85. The normalized spacial score (nSPS) is 11.6. The zero-order valence-corrected chi connectivity index (χ0v) is 9.94. The van der Waals surface area contributed by atoms with Crippen LogP contribution in [-0.4, -0.2) is 4.92 Å². The van der Waals surface area contributed by atoms with Gasteiger partial charge in [0.2, 0.25) is 0 Å². The van der Waals surface area contributed by atoms with E-state index in [4.69, 9.17) is 5.73 Å². The van der Waals surface area contributed by atoms with Gasteiger partial charge >= 0.3 is 5.00 Å². The number of rotatable bonds is 4. The van der Waals surface area contributed by atoms with Crippen LogP contribution in [0.5, 0.6) is 0 Å². The summed E-state index contributed by atoms with van der Waals surface area (Å²) in [5, 5.41) is 12.3. The van der Waals surface area contributed by atoms with Gasteiger partial charge in [-0.3, -0.25) is 10.1 Å². The molecule has 0 bridgehead atoms. The molecule has 0 fully saturated rings. The molecule has 0 radical (unpaired) electrons. The second-order valence-electron chi connectivity index (χ2n) is 3.24. The Bertz CT molecular complexity index is 365. The highest BCUT2D eigenvalue weighted by atomic mass is 35.5. The third-order valence-electron chi connectivity index (χ3n) is 1.78. The molecule has 0 aliphatic heterocycles. The number of hydrogen-bond donors (Lipinski definition) is 1. The summed E-state index contributed by atoms with van der Waals surface area (Å²) >= 11 is 1.10. The van der Waals surface area contributed by atoms with Crippen molar-refractivity contribution in [2.45, 2.75) is 19.4 Å². The summed E-state index contributed by atoms with van der Waals surface area (Å²) in [4.78, 5) is 10.0. The molecule has 4 nitrogen and oxygen atoms in total. The lowest BCUT2D eigenvalue weighted by Gasteiger charge is -2.07. The Hall–Kier alpha value is -0.910. The van der Waals surface area contributed by atoms with Gasteiger partial charge in [0.05, 0.1) is 4.92 Å². The molecule has 1 rings (SSSR count). The van der Waals surface area contributed by atoms with Gasteiger partial charge in [0.25, 0.3) is 0 Å². The van der Waals surface area contributed by atoms with Gasteiger partial charge < -0.3 is 5.73 Å². The number of nitro groups is 1. The Morgan fingerprint density at radius 1 is 1.80 bits per heavy atom. The molecule has 84 valence electrons. The highest BCUT2D eigenvalue weighted by Gasteiger charge is 2.14. The second-order valence-corrected chi connectivity index (χ2v) is 4.13. The molecule has 1 aromatic heterocycles. The van der Waals surface area contributed by atoms with Crippen molar-refractivity contribution in [2.75, 3.05) is 0 Å². The molecule has 1 heterocycles. The van der Waals surface area contributed by atoms with Crippen molar-refractivity contribution < 1.29 is 4.92 Å². The molecule has 0 unspecified atom stereocenters. The molecule has 0 saturated carbocycles. The Morgan fingerprint density at radius 3 is 2.80 bits per heavy atom. The van der Waals surface area contributed by atoms with Crippen molar-refractivity contribution in [3.8, 4) is 0 Å². The lowest BCUT2D eigenvalue weighted by molar-refractivity contribution is -0.380. The van der Waals surface area contributed by atoms with Crippen molar-refractivity contribution in [3.63, 3.8) is 0 Å². The average molecular weight is 249 g/mol. The number of nitrogens with two attached hydrogens (primary N) is 1. The first-order chi connectivity index (χ1) is 6.50. The van der Waals surface area contributed by atoms with Crippen molar-refractivity contribution in [1.29, 1.82) is 0 Å². The van der Waals surface area contributed by atoms with Crippen LogP contribution in [0.4, 0.5) is 5.00 Å². The predicted octanol–water partition coefficient (Wildman–Crippen LogP) is 3.04. The maximum absolute atomic E-state index is 10.4. The SMILES string of the molecule is C=C(C)C[C@@H](N)c1csc([N+](=O)[O-])c1.Cl. The summed E-state index contributed by atoms with van der Waals surface area (Å²) in [6.07, 6.45) is 0.661. The number of nitrogens with zero attached hydrogens (tertiary/aromatic N) is 1. The van der Waals surface area contributed by atoms with Crippen LogP contribution in [0, 0.1) is 10.1 Å². The summed E-state index contributed by atoms with van der Waals surface area (Å²) < 4.78 is 0. The molecule has 1 aromatic rings. The quantitative estimate of drug-likeness (QED) is 0.506. The van der Waals surface area contributed by atoms with Crippen molar-refractivity contribution in [3.05, 3.63) is 39.3 Å². The summed E-state index contributed by atoms with van der Waals surface area (Å²) in [6, 6.07) is 1.34. The molecule has 0 amide bonds. The maximum atomic E-state index is 10.4. The molecule has 15 heavy (non-hydrogen) atoms. The number of thiophene rings is 1. The van der Waals surface area contributed by atoms with Crippen LogP contribution < -0.4 is 5.73 Å². The van der Waals surface area contributed by atoms with Crippen LogP contribution in [0.2, 0.25) is 0 Å². The Labute approximate surface area is 98.4 Å². The molecule has 0 aliphatic carbocycles. The van der Waals surface area contributed by atoms with Crippen LogP contribution in [0.3, 0.4) is 0 Å². The van der Waals surface area contributed by atoms with Crippen molar-refractivity contribution in [1.82, 2.24) is 0 Å². The summed E-state index contributed by atoms with van der Waals surface area (Å²) in [5.74, 6) is 0. The van der Waals surface area contributed by atoms with Crippen molar-refractivity contribution >= 4 is 28.7 Å². The lowest BCUT2D eigenvalue weighted by Crippen LogP contribution is -2.09. The Morgan fingerprint density at radius 2 is 2.40 bits per heavy atom. The number of halogens is 1. The molecular weight excluding hydrogens is 236 g/mol. The Kier molecular flexibility index (Phi) is 5.49. The van der Waals surface area contributed by atoms with Crippen LogP contribution in [0.1, 0.15) is 24.9 Å².